The zero-order valence-corrected chi connectivity index (χ0v) is 15.2. The number of amides is 1. The van der Waals surface area contributed by atoms with Crippen molar-refractivity contribution in [1.29, 1.82) is 0 Å². The quantitative estimate of drug-likeness (QED) is 0.842. The molecule has 1 aromatic rings. The monoisotopic (exact) mass is 360 g/mol. The summed E-state index contributed by atoms with van der Waals surface area (Å²) in [5, 5.41) is 6.22. The predicted molar refractivity (Wildman–Crippen MR) is 94.0 cm³/mol. The van der Waals surface area contributed by atoms with Gasteiger partial charge < -0.3 is 10.6 Å². The summed E-state index contributed by atoms with van der Waals surface area (Å²) in [5.41, 5.74) is 0.307. The lowest BCUT2D eigenvalue weighted by Gasteiger charge is -2.34. The standard InChI is InChI=1S/C16H24N2O3S.ClH/c1-3-22(20,21)14-7-5-4-6-13(14)15(19)18-12-16(2)8-10-17-11-9-16;/h4-7,17H,3,8-12H2,1-2H3,(H,18,19);1H. The number of piperidine rings is 1. The summed E-state index contributed by atoms with van der Waals surface area (Å²) >= 11 is 0. The minimum absolute atomic E-state index is 0. The second kappa shape index (κ2) is 8.13. The number of sulfone groups is 1. The highest BCUT2D eigenvalue weighted by molar-refractivity contribution is 7.91. The van der Waals surface area contributed by atoms with Gasteiger partial charge in [-0.15, -0.1) is 12.4 Å². The molecule has 1 saturated heterocycles. The summed E-state index contributed by atoms with van der Waals surface area (Å²) in [7, 11) is -3.40. The molecule has 1 aliphatic heterocycles. The molecular formula is C16H25ClN2O3S. The molecule has 0 radical (unpaired) electrons. The van der Waals surface area contributed by atoms with Gasteiger partial charge in [0.2, 0.25) is 0 Å². The Morgan fingerprint density at radius 1 is 1.26 bits per heavy atom. The lowest BCUT2D eigenvalue weighted by molar-refractivity contribution is 0.0919. The average Bonchev–Trinajstić information content (AvgIpc) is 2.53. The average molecular weight is 361 g/mol. The van der Waals surface area contributed by atoms with Gasteiger partial charge in [0.05, 0.1) is 16.2 Å². The maximum Gasteiger partial charge on any atom is 0.252 e. The zero-order valence-electron chi connectivity index (χ0n) is 13.6. The highest BCUT2D eigenvalue weighted by Gasteiger charge is 2.28. The first kappa shape index (κ1) is 19.9. The van der Waals surface area contributed by atoms with Crippen LogP contribution in [0.15, 0.2) is 29.2 Å². The molecule has 2 N–H and O–H groups in total. The van der Waals surface area contributed by atoms with Crippen LogP contribution in [0.1, 0.15) is 37.0 Å². The van der Waals surface area contributed by atoms with Gasteiger partial charge in [0.15, 0.2) is 9.84 Å². The third-order valence-corrected chi connectivity index (χ3v) is 6.12. The van der Waals surface area contributed by atoms with Crippen LogP contribution in [-0.4, -0.2) is 39.7 Å². The van der Waals surface area contributed by atoms with Crippen LogP contribution in [0.3, 0.4) is 0 Å². The summed E-state index contributed by atoms with van der Waals surface area (Å²) in [6, 6.07) is 6.41. The van der Waals surface area contributed by atoms with Crippen LogP contribution in [0, 0.1) is 5.41 Å². The molecule has 0 unspecified atom stereocenters. The topological polar surface area (TPSA) is 75.3 Å². The van der Waals surface area contributed by atoms with Crippen molar-refractivity contribution in [3.05, 3.63) is 29.8 Å². The first-order valence-electron chi connectivity index (χ1n) is 7.69. The first-order chi connectivity index (χ1) is 10.4. The molecule has 0 atom stereocenters. The lowest BCUT2D eigenvalue weighted by atomic mass is 9.81. The van der Waals surface area contributed by atoms with E-state index in [4.69, 9.17) is 0 Å². The minimum Gasteiger partial charge on any atom is -0.351 e. The number of nitrogens with one attached hydrogen (secondary N) is 2. The lowest BCUT2D eigenvalue weighted by Crippen LogP contribution is -2.43. The van der Waals surface area contributed by atoms with Gasteiger partial charge in [-0.2, -0.15) is 0 Å². The number of carbonyl (C=O) groups is 1. The predicted octanol–water partition coefficient (Wildman–Crippen LogP) is 2.02. The van der Waals surface area contributed by atoms with E-state index in [2.05, 4.69) is 17.6 Å². The van der Waals surface area contributed by atoms with Crippen LogP contribution >= 0.6 is 12.4 Å². The minimum atomic E-state index is -3.40. The summed E-state index contributed by atoms with van der Waals surface area (Å²) in [5.74, 6) is -0.326. The van der Waals surface area contributed by atoms with E-state index in [9.17, 15) is 13.2 Å². The fourth-order valence-corrected chi connectivity index (χ4v) is 3.77. The van der Waals surface area contributed by atoms with Crippen molar-refractivity contribution in [2.45, 2.75) is 31.6 Å². The zero-order chi connectivity index (χ0) is 16.2. The Hall–Kier alpha value is -1.11. The molecule has 0 bridgehead atoms. The van der Waals surface area contributed by atoms with E-state index in [-0.39, 0.29) is 39.9 Å². The van der Waals surface area contributed by atoms with Crippen LogP contribution in [0.5, 0.6) is 0 Å². The first-order valence-corrected chi connectivity index (χ1v) is 9.34. The van der Waals surface area contributed by atoms with E-state index in [0.29, 0.717) is 6.54 Å². The maximum absolute atomic E-state index is 12.4. The Kier molecular flexibility index (Phi) is 7.04. The molecule has 0 aromatic heterocycles. The number of hydrogen-bond donors (Lipinski definition) is 2. The molecule has 130 valence electrons. The third-order valence-electron chi connectivity index (χ3n) is 4.33. The number of halogens is 1. The van der Waals surface area contributed by atoms with E-state index in [0.717, 1.165) is 25.9 Å². The van der Waals surface area contributed by atoms with E-state index >= 15 is 0 Å². The molecule has 0 spiro atoms. The molecule has 1 amide bonds. The van der Waals surface area contributed by atoms with E-state index < -0.39 is 9.84 Å². The molecule has 1 aromatic carbocycles. The number of benzene rings is 1. The number of hydrogen-bond acceptors (Lipinski definition) is 4. The van der Waals surface area contributed by atoms with Crippen LogP contribution < -0.4 is 10.6 Å². The van der Waals surface area contributed by atoms with Crippen molar-refractivity contribution in [3.63, 3.8) is 0 Å². The smallest absolute Gasteiger partial charge is 0.252 e. The van der Waals surface area contributed by atoms with Gasteiger partial charge in [0, 0.05) is 6.54 Å². The molecule has 1 aliphatic rings. The van der Waals surface area contributed by atoms with Crippen molar-refractivity contribution in [1.82, 2.24) is 10.6 Å². The van der Waals surface area contributed by atoms with Gasteiger partial charge >= 0.3 is 0 Å². The van der Waals surface area contributed by atoms with Crippen LogP contribution in [0.25, 0.3) is 0 Å². The fourth-order valence-electron chi connectivity index (χ4n) is 2.68. The van der Waals surface area contributed by atoms with Crippen molar-refractivity contribution in [2.75, 3.05) is 25.4 Å². The second-order valence-corrected chi connectivity index (χ2v) is 8.39. The molecular weight excluding hydrogens is 336 g/mol. The Morgan fingerprint density at radius 2 is 1.87 bits per heavy atom. The highest BCUT2D eigenvalue weighted by Crippen LogP contribution is 2.27. The van der Waals surface area contributed by atoms with Crippen LogP contribution in [0.4, 0.5) is 0 Å². The Balaban J connectivity index is 0.00000264. The summed E-state index contributed by atoms with van der Waals surface area (Å²) in [6.45, 7) is 6.21. The molecule has 1 fully saturated rings. The molecule has 7 heteroatoms. The van der Waals surface area contributed by atoms with Crippen LogP contribution in [-0.2, 0) is 9.84 Å². The maximum atomic E-state index is 12.4. The molecule has 1 heterocycles. The Bertz CT molecular complexity index is 640. The van der Waals surface area contributed by atoms with Gasteiger partial charge in [0.1, 0.15) is 0 Å². The van der Waals surface area contributed by atoms with E-state index in [1.807, 2.05) is 0 Å². The number of rotatable bonds is 5. The second-order valence-electron chi connectivity index (χ2n) is 6.14. The van der Waals surface area contributed by atoms with Gasteiger partial charge in [-0.1, -0.05) is 26.0 Å². The molecule has 0 aliphatic carbocycles. The summed E-state index contributed by atoms with van der Waals surface area (Å²) in [6.07, 6.45) is 2.00. The molecule has 23 heavy (non-hydrogen) atoms. The fraction of sp³-hybridized carbons (Fsp3) is 0.562. The normalized spacial score (nSPS) is 17.1. The van der Waals surface area contributed by atoms with Crippen LogP contribution in [0.2, 0.25) is 0 Å². The van der Waals surface area contributed by atoms with Crippen molar-refractivity contribution in [2.24, 2.45) is 5.41 Å². The summed E-state index contributed by atoms with van der Waals surface area (Å²) < 4.78 is 24.2. The Morgan fingerprint density at radius 3 is 2.48 bits per heavy atom. The van der Waals surface area contributed by atoms with Gasteiger partial charge in [-0.3, -0.25) is 4.79 Å². The third kappa shape index (κ3) is 4.93. The van der Waals surface area contributed by atoms with E-state index in [1.165, 1.54) is 6.07 Å². The van der Waals surface area contributed by atoms with Crippen molar-refractivity contribution >= 4 is 28.2 Å². The van der Waals surface area contributed by atoms with Crippen molar-refractivity contribution < 1.29 is 13.2 Å². The Labute approximate surface area is 144 Å². The SMILES string of the molecule is CCS(=O)(=O)c1ccccc1C(=O)NCC1(C)CCNCC1.Cl. The van der Waals surface area contributed by atoms with Gasteiger partial charge in [-0.05, 0) is 43.5 Å². The molecule has 5 nitrogen and oxygen atoms in total. The number of carbonyl (C=O) groups excluding carboxylic acids is 1. The summed E-state index contributed by atoms with van der Waals surface area (Å²) in [4.78, 5) is 12.5. The molecule has 2 rings (SSSR count). The van der Waals surface area contributed by atoms with Crippen molar-refractivity contribution in [3.8, 4) is 0 Å². The highest BCUT2D eigenvalue weighted by atomic mass is 35.5. The largest absolute Gasteiger partial charge is 0.351 e. The van der Waals surface area contributed by atoms with E-state index in [1.54, 1.807) is 25.1 Å². The molecule has 0 saturated carbocycles. The van der Waals surface area contributed by atoms with Gasteiger partial charge in [-0.25, -0.2) is 8.42 Å². The van der Waals surface area contributed by atoms with Gasteiger partial charge in [0.25, 0.3) is 5.91 Å².